The minimum Gasteiger partial charge on any atom is -0.445 e. The Hall–Kier alpha value is -2.27. The molecule has 0 saturated carbocycles. The van der Waals surface area contributed by atoms with Crippen LogP contribution in [0.15, 0.2) is 47.1 Å². The van der Waals surface area contributed by atoms with Gasteiger partial charge in [-0.25, -0.2) is 0 Å². The number of hydrogen-bond donors (Lipinski definition) is 0. The molecule has 0 amide bonds. The van der Waals surface area contributed by atoms with Gasteiger partial charge in [0, 0.05) is 36.1 Å². The monoisotopic (exact) mass is 315 g/mol. The second-order valence-corrected chi connectivity index (χ2v) is 5.71. The van der Waals surface area contributed by atoms with Gasteiger partial charge >= 0.3 is 6.08 Å². The zero-order chi connectivity index (χ0) is 14.9. The van der Waals surface area contributed by atoms with Gasteiger partial charge in [0.25, 0.3) is 0 Å². The third kappa shape index (κ3) is 2.60. The minimum absolute atomic E-state index is 0.0664. The van der Waals surface area contributed by atoms with Crippen LogP contribution in [0.1, 0.15) is 6.42 Å². The zero-order valence-corrected chi connectivity index (χ0v) is 12.5. The molecule has 1 saturated heterocycles. The Morgan fingerprint density at radius 3 is 2.95 bits per heavy atom. The third-order valence-corrected chi connectivity index (χ3v) is 4.01. The van der Waals surface area contributed by atoms with Crippen LogP contribution in [-0.2, 0) is 0 Å². The molecule has 0 bridgehead atoms. The summed E-state index contributed by atoms with van der Waals surface area (Å²) in [6.45, 7) is 1.75. The summed E-state index contributed by atoms with van der Waals surface area (Å²) in [6, 6.07) is 9.36. The lowest BCUT2D eigenvalue weighted by atomic mass is 10.3. The van der Waals surface area contributed by atoms with Crippen molar-refractivity contribution in [2.45, 2.75) is 12.5 Å². The second-order valence-electron chi connectivity index (χ2n) is 5.27. The first-order valence-corrected chi connectivity index (χ1v) is 7.53. The van der Waals surface area contributed by atoms with Crippen LogP contribution < -0.4 is 9.64 Å². The van der Waals surface area contributed by atoms with E-state index in [1.165, 1.54) is 0 Å². The highest BCUT2D eigenvalue weighted by Gasteiger charge is 2.25. The first-order chi connectivity index (χ1) is 10.8. The van der Waals surface area contributed by atoms with Crippen molar-refractivity contribution in [3.63, 3.8) is 0 Å². The predicted molar refractivity (Wildman–Crippen MR) is 84.5 cm³/mol. The molecule has 5 nitrogen and oxygen atoms in total. The Morgan fingerprint density at radius 2 is 2.09 bits per heavy atom. The van der Waals surface area contributed by atoms with Gasteiger partial charge in [0.05, 0.1) is 6.54 Å². The summed E-state index contributed by atoms with van der Waals surface area (Å²) in [5.74, 6) is 0. The number of hydrogen-bond acceptors (Lipinski definition) is 5. The fraction of sp³-hybridized carbons (Fsp3) is 0.250. The van der Waals surface area contributed by atoms with E-state index in [9.17, 15) is 0 Å². The van der Waals surface area contributed by atoms with Crippen LogP contribution in [0, 0.1) is 0 Å². The van der Waals surface area contributed by atoms with Crippen molar-refractivity contribution in [3.8, 4) is 6.08 Å². The van der Waals surface area contributed by atoms with Gasteiger partial charge < -0.3 is 14.1 Å². The molecule has 3 aromatic rings. The second kappa shape index (κ2) is 5.50. The molecular formula is C16H14ClN3O2. The lowest BCUT2D eigenvalue weighted by Crippen LogP contribution is -2.24. The Kier molecular flexibility index (Phi) is 3.35. The average Bonchev–Trinajstić information content (AvgIpc) is 3.14. The van der Waals surface area contributed by atoms with Gasteiger partial charge in [-0.1, -0.05) is 11.6 Å². The van der Waals surface area contributed by atoms with E-state index >= 15 is 0 Å². The minimum atomic E-state index is 0.0664. The van der Waals surface area contributed by atoms with Crippen molar-refractivity contribution in [2.75, 3.05) is 18.0 Å². The normalized spacial score (nSPS) is 18.0. The Morgan fingerprint density at radius 1 is 1.23 bits per heavy atom. The average molecular weight is 316 g/mol. The molecule has 3 heterocycles. The molecule has 0 radical (unpaired) electrons. The van der Waals surface area contributed by atoms with E-state index in [-0.39, 0.29) is 6.10 Å². The van der Waals surface area contributed by atoms with E-state index in [0.717, 1.165) is 25.2 Å². The van der Waals surface area contributed by atoms with E-state index in [1.54, 1.807) is 30.6 Å². The number of anilines is 1. The van der Waals surface area contributed by atoms with E-state index in [1.807, 2.05) is 12.1 Å². The lowest BCUT2D eigenvalue weighted by molar-refractivity contribution is 0.167. The number of fused-ring (bicyclic) bond motifs is 1. The van der Waals surface area contributed by atoms with Crippen LogP contribution in [0.4, 0.5) is 5.69 Å². The van der Waals surface area contributed by atoms with Crippen LogP contribution >= 0.6 is 11.6 Å². The number of ether oxygens (including phenoxy) is 1. The van der Waals surface area contributed by atoms with Gasteiger partial charge in [0.1, 0.15) is 11.6 Å². The third-order valence-electron chi connectivity index (χ3n) is 3.77. The molecule has 0 spiro atoms. The Labute approximate surface area is 132 Å². The van der Waals surface area contributed by atoms with Gasteiger partial charge in [-0.3, -0.25) is 4.98 Å². The van der Waals surface area contributed by atoms with Gasteiger partial charge in [-0.15, -0.1) is 0 Å². The van der Waals surface area contributed by atoms with Crippen molar-refractivity contribution in [2.24, 2.45) is 0 Å². The molecule has 1 aromatic carbocycles. The van der Waals surface area contributed by atoms with E-state index < -0.39 is 0 Å². The largest absolute Gasteiger partial charge is 0.445 e. The molecule has 112 valence electrons. The predicted octanol–water partition coefficient (Wildman–Crippen LogP) is 3.53. The van der Waals surface area contributed by atoms with Crippen molar-refractivity contribution in [3.05, 3.63) is 47.7 Å². The highest BCUT2D eigenvalue weighted by atomic mass is 35.5. The summed E-state index contributed by atoms with van der Waals surface area (Å²) in [4.78, 5) is 10.6. The summed E-state index contributed by atoms with van der Waals surface area (Å²) < 4.78 is 11.5. The molecule has 1 atom stereocenters. The molecule has 1 aliphatic heterocycles. The van der Waals surface area contributed by atoms with E-state index in [2.05, 4.69) is 14.9 Å². The van der Waals surface area contributed by atoms with E-state index in [4.69, 9.17) is 20.8 Å². The summed E-state index contributed by atoms with van der Waals surface area (Å²) in [5.41, 5.74) is 2.56. The van der Waals surface area contributed by atoms with Crippen LogP contribution in [0.3, 0.4) is 0 Å². The first-order valence-electron chi connectivity index (χ1n) is 7.16. The molecule has 4 rings (SSSR count). The molecule has 22 heavy (non-hydrogen) atoms. The summed E-state index contributed by atoms with van der Waals surface area (Å²) in [6.07, 6.45) is 4.90. The van der Waals surface area contributed by atoms with Gasteiger partial charge in [0.2, 0.25) is 0 Å². The zero-order valence-electron chi connectivity index (χ0n) is 11.8. The molecule has 1 aliphatic rings. The summed E-state index contributed by atoms with van der Waals surface area (Å²) in [7, 11) is 0. The Balaban J connectivity index is 1.47. The van der Waals surface area contributed by atoms with Crippen molar-refractivity contribution in [1.82, 2.24) is 9.97 Å². The van der Waals surface area contributed by atoms with Crippen LogP contribution in [0.25, 0.3) is 11.1 Å². The van der Waals surface area contributed by atoms with Crippen molar-refractivity contribution < 1.29 is 9.15 Å². The highest BCUT2D eigenvalue weighted by molar-refractivity contribution is 6.31. The SMILES string of the molecule is Clc1ccc2oc(O[C@@H]3CCN(c4ccncc4)C3)nc2c1. The lowest BCUT2D eigenvalue weighted by Gasteiger charge is -2.17. The van der Waals surface area contributed by atoms with Crippen LogP contribution in [0.5, 0.6) is 6.08 Å². The van der Waals surface area contributed by atoms with Gasteiger partial charge in [-0.05, 0) is 30.3 Å². The number of oxazole rings is 1. The summed E-state index contributed by atoms with van der Waals surface area (Å²) >= 11 is 5.95. The standard InChI is InChI=1S/C16H14ClN3O2/c17-11-1-2-15-14(9-11)19-16(22-15)21-13-5-8-20(10-13)12-3-6-18-7-4-12/h1-4,6-7,9,13H,5,8,10H2/t13-/m1/s1. The Bertz CT molecular complexity index is 790. The molecule has 1 fully saturated rings. The maximum Gasteiger partial charge on any atom is 0.394 e. The number of benzene rings is 1. The quantitative estimate of drug-likeness (QED) is 0.740. The molecular weight excluding hydrogens is 302 g/mol. The maximum atomic E-state index is 5.95. The van der Waals surface area contributed by atoms with Gasteiger partial charge in [-0.2, -0.15) is 4.98 Å². The fourth-order valence-corrected chi connectivity index (χ4v) is 2.85. The smallest absolute Gasteiger partial charge is 0.394 e. The number of rotatable bonds is 3. The number of nitrogens with zero attached hydrogens (tertiary/aromatic N) is 3. The van der Waals surface area contributed by atoms with Crippen LogP contribution in [0.2, 0.25) is 5.02 Å². The number of pyridine rings is 1. The number of halogens is 1. The summed E-state index contributed by atoms with van der Waals surface area (Å²) in [5, 5.41) is 0.636. The molecule has 0 N–H and O–H groups in total. The molecule has 2 aromatic heterocycles. The molecule has 0 aliphatic carbocycles. The van der Waals surface area contributed by atoms with Crippen LogP contribution in [-0.4, -0.2) is 29.2 Å². The fourth-order valence-electron chi connectivity index (χ4n) is 2.69. The molecule has 0 unspecified atom stereocenters. The molecule has 6 heteroatoms. The van der Waals surface area contributed by atoms with Crippen molar-refractivity contribution in [1.29, 1.82) is 0 Å². The highest BCUT2D eigenvalue weighted by Crippen LogP contribution is 2.26. The van der Waals surface area contributed by atoms with Crippen molar-refractivity contribution >= 4 is 28.4 Å². The topological polar surface area (TPSA) is 51.4 Å². The maximum absolute atomic E-state index is 5.95. The number of aromatic nitrogens is 2. The van der Waals surface area contributed by atoms with Gasteiger partial charge in [0.15, 0.2) is 5.58 Å². The van der Waals surface area contributed by atoms with E-state index in [0.29, 0.717) is 22.2 Å². The first kappa shape index (κ1) is 13.4.